The summed E-state index contributed by atoms with van der Waals surface area (Å²) >= 11 is 0. The van der Waals surface area contributed by atoms with Crippen LogP contribution >= 0.6 is 0 Å². The summed E-state index contributed by atoms with van der Waals surface area (Å²) in [6.07, 6.45) is -5.45. The van der Waals surface area contributed by atoms with Crippen molar-refractivity contribution >= 4 is 29.1 Å². The fourth-order valence-corrected chi connectivity index (χ4v) is 4.43. The first-order valence-corrected chi connectivity index (χ1v) is 13.0. The summed E-state index contributed by atoms with van der Waals surface area (Å²) in [6.45, 7) is 2.83. The molecule has 0 atom stereocenters. The molecule has 0 aromatic heterocycles. The molecule has 3 rings (SSSR count). The van der Waals surface area contributed by atoms with Crippen LogP contribution in [0.3, 0.4) is 0 Å². The monoisotopic (exact) mass is 629 g/mol. The van der Waals surface area contributed by atoms with E-state index in [9.17, 15) is 45.1 Å². The van der Waals surface area contributed by atoms with E-state index in [-0.39, 0.29) is 47.7 Å². The summed E-state index contributed by atoms with van der Waals surface area (Å²) in [5.41, 5.74) is 5.21. The molecular formula is C31H34F7N3O3. The molecule has 44 heavy (non-hydrogen) atoms. The predicted octanol–water partition coefficient (Wildman–Crippen LogP) is 7.32. The van der Waals surface area contributed by atoms with E-state index in [0.29, 0.717) is 25.6 Å². The van der Waals surface area contributed by atoms with Crippen molar-refractivity contribution in [3.8, 4) is 0 Å². The van der Waals surface area contributed by atoms with Crippen LogP contribution in [0.1, 0.15) is 50.2 Å². The molecule has 3 aromatic rings. The number of amides is 3. The van der Waals surface area contributed by atoms with E-state index in [4.69, 9.17) is 5.73 Å². The zero-order chi connectivity index (χ0) is 33.8. The van der Waals surface area contributed by atoms with Gasteiger partial charge in [0, 0.05) is 48.1 Å². The molecule has 0 spiro atoms. The summed E-state index contributed by atoms with van der Waals surface area (Å²) in [5, 5.41) is 0. The fourth-order valence-electron chi connectivity index (χ4n) is 4.43. The van der Waals surface area contributed by atoms with Crippen LogP contribution in [0.2, 0.25) is 0 Å². The maximum atomic E-state index is 14.0. The minimum Gasteiger partial charge on any atom is -0.370 e. The van der Waals surface area contributed by atoms with Crippen LogP contribution in [-0.2, 0) is 10.7 Å². The minimum absolute atomic E-state index is 0.0435. The summed E-state index contributed by atoms with van der Waals surface area (Å²) < 4.78 is 85.6. The highest BCUT2D eigenvalue weighted by Crippen LogP contribution is 2.45. The second kappa shape index (κ2) is 16.4. The smallest absolute Gasteiger partial charge is 0.370 e. The van der Waals surface area contributed by atoms with Crippen molar-refractivity contribution in [2.45, 2.75) is 38.8 Å². The molecule has 3 aromatic carbocycles. The first kappa shape index (κ1) is 37.6. The van der Waals surface area contributed by atoms with Crippen molar-refractivity contribution in [1.29, 1.82) is 0 Å². The predicted molar refractivity (Wildman–Crippen MR) is 156 cm³/mol. The highest BCUT2D eigenvalue weighted by molar-refractivity contribution is 6.09. The molecule has 6 nitrogen and oxygen atoms in total. The minimum atomic E-state index is -5.77. The zero-order valence-corrected chi connectivity index (χ0v) is 24.8. The van der Waals surface area contributed by atoms with Crippen LogP contribution in [0.5, 0.6) is 0 Å². The third kappa shape index (κ3) is 9.04. The van der Waals surface area contributed by atoms with E-state index in [0.717, 1.165) is 17.0 Å². The van der Waals surface area contributed by atoms with Crippen molar-refractivity contribution in [1.82, 2.24) is 0 Å². The Hall–Kier alpha value is -4.42. The van der Waals surface area contributed by atoms with Crippen LogP contribution in [0.25, 0.3) is 0 Å². The first-order chi connectivity index (χ1) is 20.6. The third-order valence-electron chi connectivity index (χ3n) is 6.33. The molecule has 0 saturated carbocycles. The molecule has 0 aliphatic carbocycles. The quantitative estimate of drug-likeness (QED) is 0.252. The van der Waals surface area contributed by atoms with Gasteiger partial charge in [-0.25, -0.2) is 0 Å². The standard InChI is InChI=1S/C29H28F5N3O3.2CH3F/c1-18-15-22(28(30,31)29(32,33)34)16-19(2)25(18)36(3)26(39)21-11-7-12-23(17-21)37(14-8-13-24(35)38)27(40)20-9-5-4-6-10-20;2*1-2/h4-7,9-12,15-17H,8,13-14H2,1-3H3,(H2,35,38);2*1H3. The van der Waals surface area contributed by atoms with Gasteiger partial charge in [-0.2, -0.15) is 22.0 Å². The number of aryl methyl sites for hydroxylation is 2. The Balaban J connectivity index is 0.00000232. The van der Waals surface area contributed by atoms with Crippen LogP contribution in [0.15, 0.2) is 66.7 Å². The lowest BCUT2D eigenvalue weighted by Crippen LogP contribution is -2.34. The highest BCUT2D eigenvalue weighted by Gasteiger charge is 2.58. The Morgan fingerprint density at radius 3 is 1.77 bits per heavy atom. The van der Waals surface area contributed by atoms with E-state index < -0.39 is 29.5 Å². The van der Waals surface area contributed by atoms with Gasteiger partial charge in [0.1, 0.15) is 0 Å². The number of rotatable bonds is 9. The van der Waals surface area contributed by atoms with E-state index in [1.165, 1.54) is 37.9 Å². The highest BCUT2D eigenvalue weighted by atomic mass is 19.4. The van der Waals surface area contributed by atoms with Crippen LogP contribution in [0.4, 0.5) is 42.1 Å². The molecule has 0 fully saturated rings. The molecule has 0 saturated heterocycles. The average Bonchev–Trinajstić information content (AvgIpc) is 3.00. The summed E-state index contributed by atoms with van der Waals surface area (Å²) in [6, 6.07) is 16.0. The zero-order valence-electron chi connectivity index (χ0n) is 24.8. The maximum absolute atomic E-state index is 14.0. The second-order valence-electron chi connectivity index (χ2n) is 9.34. The number of hydrogen-bond acceptors (Lipinski definition) is 3. The Bertz CT molecular complexity index is 1390. The number of alkyl halides is 7. The van der Waals surface area contributed by atoms with Gasteiger partial charge in [0.15, 0.2) is 0 Å². The normalized spacial score (nSPS) is 10.9. The number of halogens is 7. The maximum Gasteiger partial charge on any atom is 0.458 e. The topological polar surface area (TPSA) is 83.7 Å². The fraction of sp³-hybridized carbons (Fsp3) is 0.323. The van der Waals surface area contributed by atoms with E-state index in [1.807, 2.05) is 0 Å². The van der Waals surface area contributed by atoms with Gasteiger partial charge < -0.3 is 15.5 Å². The van der Waals surface area contributed by atoms with Gasteiger partial charge in [0.05, 0.1) is 14.4 Å². The Morgan fingerprint density at radius 2 is 1.27 bits per heavy atom. The molecule has 0 aliphatic heterocycles. The van der Waals surface area contributed by atoms with Crippen molar-refractivity contribution in [3.05, 3.63) is 94.5 Å². The van der Waals surface area contributed by atoms with Crippen LogP contribution in [-0.4, -0.2) is 51.8 Å². The van der Waals surface area contributed by atoms with Gasteiger partial charge in [-0.05, 0) is 73.9 Å². The lowest BCUT2D eigenvalue weighted by molar-refractivity contribution is -0.289. The van der Waals surface area contributed by atoms with Crippen molar-refractivity contribution in [3.63, 3.8) is 0 Å². The molecule has 0 aliphatic rings. The van der Waals surface area contributed by atoms with Crippen LogP contribution < -0.4 is 15.5 Å². The van der Waals surface area contributed by atoms with Gasteiger partial charge in [-0.3, -0.25) is 23.2 Å². The number of carbonyl (C=O) groups excluding carboxylic acids is 3. The first-order valence-electron chi connectivity index (χ1n) is 13.0. The molecule has 3 amide bonds. The molecule has 0 radical (unpaired) electrons. The SMILES string of the molecule is CF.CF.Cc1cc(C(F)(F)C(F)(F)F)cc(C)c1N(C)C(=O)c1cccc(N(CCCC(N)=O)C(=O)c2ccccc2)c1. The van der Waals surface area contributed by atoms with Gasteiger partial charge in [0.2, 0.25) is 5.91 Å². The van der Waals surface area contributed by atoms with Crippen LogP contribution in [0, 0.1) is 13.8 Å². The average molecular weight is 630 g/mol. The molecule has 0 heterocycles. The lowest BCUT2D eigenvalue weighted by atomic mass is 9.98. The van der Waals surface area contributed by atoms with Crippen molar-refractivity contribution in [2.75, 3.05) is 37.7 Å². The van der Waals surface area contributed by atoms with Gasteiger partial charge in [-0.15, -0.1) is 0 Å². The summed E-state index contributed by atoms with van der Waals surface area (Å²) in [5.74, 6) is -6.52. The molecular weight excluding hydrogens is 595 g/mol. The largest absolute Gasteiger partial charge is 0.458 e. The number of nitrogens with zero attached hydrogens (tertiary/aromatic N) is 2. The molecule has 0 bridgehead atoms. The van der Waals surface area contributed by atoms with E-state index in [1.54, 1.807) is 42.5 Å². The van der Waals surface area contributed by atoms with E-state index >= 15 is 0 Å². The van der Waals surface area contributed by atoms with Crippen molar-refractivity contribution < 1.29 is 45.1 Å². The summed E-state index contributed by atoms with van der Waals surface area (Å²) in [4.78, 5) is 40.6. The summed E-state index contributed by atoms with van der Waals surface area (Å²) in [7, 11) is 2.38. The Morgan fingerprint density at radius 1 is 0.750 bits per heavy atom. The number of primary amides is 1. The number of nitrogens with two attached hydrogens (primary N) is 1. The molecule has 240 valence electrons. The van der Waals surface area contributed by atoms with Gasteiger partial charge in [-0.1, -0.05) is 24.3 Å². The number of hydrogen-bond donors (Lipinski definition) is 1. The number of anilines is 2. The molecule has 0 unspecified atom stereocenters. The van der Waals surface area contributed by atoms with Gasteiger partial charge >= 0.3 is 12.1 Å². The number of carbonyl (C=O) groups is 3. The third-order valence-corrected chi connectivity index (χ3v) is 6.33. The molecule has 2 N–H and O–H groups in total. The van der Waals surface area contributed by atoms with Gasteiger partial charge in [0.25, 0.3) is 11.8 Å². The van der Waals surface area contributed by atoms with Crippen molar-refractivity contribution in [2.24, 2.45) is 5.73 Å². The Labute approximate surface area is 251 Å². The lowest BCUT2D eigenvalue weighted by Gasteiger charge is -2.26. The molecule has 13 heteroatoms. The van der Waals surface area contributed by atoms with E-state index in [2.05, 4.69) is 0 Å². The number of benzene rings is 3. The Kier molecular flexibility index (Phi) is 14.0. The second-order valence-corrected chi connectivity index (χ2v) is 9.34.